The average Bonchev–Trinajstić information content (AvgIpc) is 2.99. The summed E-state index contributed by atoms with van der Waals surface area (Å²) in [6.07, 6.45) is 0. The van der Waals surface area contributed by atoms with Gasteiger partial charge in [0.2, 0.25) is 0 Å². The van der Waals surface area contributed by atoms with Crippen LogP contribution in [0, 0.1) is 0 Å². The van der Waals surface area contributed by atoms with Crippen molar-refractivity contribution in [2.24, 2.45) is 0 Å². The Morgan fingerprint density at radius 2 is 1.94 bits per heavy atom. The summed E-state index contributed by atoms with van der Waals surface area (Å²) in [5, 5.41) is 2.57. The summed E-state index contributed by atoms with van der Waals surface area (Å²) in [5.41, 5.74) is 7.21. The molecular formula is C13H10ClFN2S. The number of benzene rings is 1. The van der Waals surface area contributed by atoms with Gasteiger partial charge in [-0.1, -0.05) is 29.8 Å². The fourth-order valence-corrected chi connectivity index (χ4v) is 2.75. The maximum Gasteiger partial charge on any atom is 0.149 e. The van der Waals surface area contributed by atoms with Crippen molar-refractivity contribution in [3.05, 3.63) is 63.1 Å². The van der Waals surface area contributed by atoms with E-state index in [0.717, 1.165) is 10.4 Å². The van der Waals surface area contributed by atoms with Crippen LogP contribution < -0.4 is 10.9 Å². The minimum atomic E-state index is -0.459. The number of rotatable bonds is 2. The van der Waals surface area contributed by atoms with Crippen LogP contribution >= 0.6 is 22.9 Å². The van der Waals surface area contributed by atoms with E-state index in [0.29, 0.717) is 10.7 Å². The molecule has 1 aromatic heterocycles. The highest BCUT2D eigenvalue weighted by molar-refractivity contribution is 7.11. The Bertz CT molecular complexity index is 578. The molecule has 92 valence electrons. The molecule has 0 aliphatic carbocycles. The molecule has 0 spiro atoms. The first kappa shape index (κ1) is 11.7. The molecule has 0 radical (unpaired) electrons. The van der Waals surface area contributed by atoms with Crippen LogP contribution in [-0.4, -0.2) is 0 Å². The lowest BCUT2D eigenvalue weighted by Gasteiger charge is -2.09. The molecule has 2 heterocycles. The predicted octanol–water partition coefficient (Wildman–Crippen LogP) is 3.89. The lowest BCUT2D eigenvalue weighted by atomic mass is 10.1. The summed E-state index contributed by atoms with van der Waals surface area (Å²) < 4.78 is 14.3. The number of hydrogen-bond donors (Lipinski definition) is 2. The molecule has 0 amide bonds. The molecule has 1 atom stereocenters. The lowest BCUT2D eigenvalue weighted by molar-refractivity contribution is 0.505. The molecular weight excluding hydrogens is 271 g/mol. The summed E-state index contributed by atoms with van der Waals surface area (Å²) in [6.45, 7) is 0. The van der Waals surface area contributed by atoms with E-state index in [1.165, 1.54) is 11.3 Å². The van der Waals surface area contributed by atoms with Gasteiger partial charge in [0.1, 0.15) is 17.6 Å². The summed E-state index contributed by atoms with van der Waals surface area (Å²) in [5.74, 6) is -0.195. The smallest absolute Gasteiger partial charge is 0.149 e. The summed E-state index contributed by atoms with van der Waals surface area (Å²) in [7, 11) is 0. The van der Waals surface area contributed by atoms with Crippen molar-refractivity contribution in [2.45, 2.75) is 6.04 Å². The van der Waals surface area contributed by atoms with Crippen LogP contribution in [-0.2, 0) is 0 Å². The first-order chi connectivity index (χ1) is 8.75. The fraction of sp³-hybridized carbons (Fsp3) is 0.0769. The third kappa shape index (κ3) is 2.03. The van der Waals surface area contributed by atoms with Crippen LogP contribution in [0.2, 0.25) is 5.02 Å². The van der Waals surface area contributed by atoms with Crippen LogP contribution in [0.1, 0.15) is 16.5 Å². The van der Waals surface area contributed by atoms with Gasteiger partial charge in [-0.05, 0) is 29.1 Å². The Morgan fingerprint density at radius 3 is 2.61 bits per heavy atom. The molecule has 0 saturated carbocycles. The van der Waals surface area contributed by atoms with Gasteiger partial charge in [-0.3, -0.25) is 0 Å². The maximum atomic E-state index is 14.3. The fourth-order valence-electron chi connectivity index (χ4n) is 1.90. The van der Waals surface area contributed by atoms with Crippen LogP contribution in [0.4, 0.5) is 4.39 Å². The molecule has 0 fully saturated rings. The van der Waals surface area contributed by atoms with Gasteiger partial charge < -0.3 is 5.43 Å². The van der Waals surface area contributed by atoms with E-state index in [9.17, 15) is 4.39 Å². The monoisotopic (exact) mass is 280 g/mol. The van der Waals surface area contributed by atoms with Gasteiger partial charge in [0, 0.05) is 5.02 Å². The molecule has 0 bridgehead atoms. The van der Waals surface area contributed by atoms with E-state index < -0.39 is 6.04 Å². The highest BCUT2D eigenvalue weighted by Crippen LogP contribution is 2.34. The predicted molar refractivity (Wildman–Crippen MR) is 72.8 cm³/mol. The van der Waals surface area contributed by atoms with E-state index in [-0.39, 0.29) is 5.83 Å². The van der Waals surface area contributed by atoms with E-state index >= 15 is 0 Å². The largest absolute Gasteiger partial charge is 0.317 e. The van der Waals surface area contributed by atoms with Crippen LogP contribution in [0.3, 0.4) is 0 Å². The van der Waals surface area contributed by atoms with Gasteiger partial charge in [-0.15, -0.1) is 11.3 Å². The molecule has 1 aliphatic rings. The second kappa shape index (κ2) is 4.72. The Hall–Kier alpha value is -1.36. The quantitative estimate of drug-likeness (QED) is 0.872. The Morgan fingerprint density at radius 1 is 1.17 bits per heavy atom. The van der Waals surface area contributed by atoms with E-state index in [2.05, 4.69) is 10.9 Å². The Labute approximate surface area is 113 Å². The zero-order valence-electron chi connectivity index (χ0n) is 9.28. The summed E-state index contributed by atoms with van der Waals surface area (Å²) in [6, 6.07) is 10.5. The van der Waals surface area contributed by atoms with Crippen molar-refractivity contribution >= 4 is 28.6 Å². The van der Waals surface area contributed by atoms with Crippen LogP contribution in [0.25, 0.3) is 5.70 Å². The molecule has 2 aromatic rings. The molecule has 18 heavy (non-hydrogen) atoms. The number of nitrogens with one attached hydrogen (secondary N) is 2. The minimum Gasteiger partial charge on any atom is -0.317 e. The van der Waals surface area contributed by atoms with Crippen molar-refractivity contribution < 1.29 is 4.39 Å². The standard InChI is InChI=1S/C13H10ClFN2S/c14-9-5-3-8(4-6-9)12-11(15)13(17-16-12)10-2-1-7-18-10/h1-7,12,16-17H. The van der Waals surface area contributed by atoms with Crippen molar-refractivity contribution in [2.75, 3.05) is 0 Å². The van der Waals surface area contributed by atoms with Gasteiger partial charge >= 0.3 is 0 Å². The topological polar surface area (TPSA) is 24.1 Å². The third-order valence-electron chi connectivity index (χ3n) is 2.80. The normalized spacial score (nSPS) is 19.1. The number of thiophene rings is 1. The van der Waals surface area contributed by atoms with Gasteiger partial charge in [-0.25, -0.2) is 9.82 Å². The third-order valence-corrected chi connectivity index (χ3v) is 3.94. The zero-order chi connectivity index (χ0) is 12.5. The van der Waals surface area contributed by atoms with Crippen molar-refractivity contribution in [1.29, 1.82) is 0 Å². The SMILES string of the molecule is FC1=C(c2cccs2)NNC1c1ccc(Cl)cc1. The summed E-state index contributed by atoms with van der Waals surface area (Å²) >= 11 is 7.33. The molecule has 0 saturated heterocycles. The first-order valence-electron chi connectivity index (χ1n) is 5.46. The van der Waals surface area contributed by atoms with Crippen LogP contribution in [0.15, 0.2) is 47.6 Å². The molecule has 1 aromatic carbocycles. The minimum absolute atomic E-state index is 0.195. The van der Waals surface area contributed by atoms with Crippen LogP contribution in [0.5, 0.6) is 0 Å². The van der Waals surface area contributed by atoms with Crippen molar-refractivity contribution in [1.82, 2.24) is 10.9 Å². The maximum absolute atomic E-state index is 14.3. The second-order valence-electron chi connectivity index (χ2n) is 3.95. The molecule has 1 unspecified atom stereocenters. The van der Waals surface area contributed by atoms with Crippen molar-refractivity contribution in [3.8, 4) is 0 Å². The Kier molecular flexibility index (Phi) is 3.07. The van der Waals surface area contributed by atoms with E-state index in [1.54, 1.807) is 12.1 Å². The highest BCUT2D eigenvalue weighted by atomic mass is 35.5. The van der Waals surface area contributed by atoms with Gasteiger partial charge in [-0.2, -0.15) is 0 Å². The molecule has 1 aliphatic heterocycles. The Balaban J connectivity index is 1.94. The lowest BCUT2D eigenvalue weighted by Crippen LogP contribution is -2.26. The first-order valence-corrected chi connectivity index (χ1v) is 6.72. The van der Waals surface area contributed by atoms with E-state index in [4.69, 9.17) is 11.6 Å². The molecule has 5 heteroatoms. The number of hydrazine groups is 1. The van der Waals surface area contributed by atoms with Gasteiger partial charge in [0.15, 0.2) is 0 Å². The van der Waals surface area contributed by atoms with Crippen molar-refractivity contribution in [3.63, 3.8) is 0 Å². The molecule has 2 nitrogen and oxygen atoms in total. The molecule has 2 N–H and O–H groups in total. The van der Waals surface area contributed by atoms with Gasteiger partial charge in [0.25, 0.3) is 0 Å². The molecule has 3 rings (SSSR count). The second-order valence-corrected chi connectivity index (χ2v) is 5.34. The van der Waals surface area contributed by atoms with Gasteiger partial charge in [0.05, 0.1) is 4.88 Å². The highest BCUT2D eigenvalue weighted by Gasteiger charge is 2.27. The number of hydrogen-bond acceptors (Lipinski definition) is 3. The average molecular weight is 281 g/mol. The summed E-state index contributed by atoms with van der Waals surface area (Å²) in [4.78, 5) is 0.886. The van der Waals surface area contributed by atoms with E-state index in [1.807, 2.05) is 29.6 Å². The number of halogens is 2. The zero-order valence-corrected chi connectivity index (χ0v) is 10.9.